The summed E-state index contributed by atoms with van der Waals surface area (Å²) < 4.78 is 30.4. The quantitative estimate of drug-likeness (QED) is 0.757. The van der Waals surface area contributed by atoms with Crippen molar-refractivity contribution in [2.45, 2.75) is 4.90 Å². The van der Waals surface area contributed by atoms with Crippen molar-refractivity contribution in [3.8, 4) is 0 Å². The van der Waals surface area contributed by atoms with Crippen LogP contribution in [0.3, 0.4) is 0 Å². The first-order valence-electron chi connectivity index (χ1n) is 7.45. The highest BCUT2D eigenvalue weighted by Gasteiger charge is 2.23. The lowest BCUT2D eigenvalue weighted by Crippen LogP contribution is -2.35. The molecule has 0 unspecified atom stereocenters. The molecule has 1 amide bonds. The fourth-order valence-corrected chi connectivity index (χ4v) is 3.47. The number of sulfonamides is 1. The second-order valence-corrected chi connectivity index (χ2v) is 7.76. The molecule has 0 saturated heterocycles. The molecule has 7 nitrogen and oxygen atoms in total. The van der Waals surface area contributed by atoms with Gasteiger partial charge in [-0.15, -0.1) is 0 Å². The van der Waals surface area contributed by atoms with Crippen LogP contribution in [-0.4, -0.2) is 45.3 Å². The number of carbonyl (C=O) groups excluding carboxylic acids is 2. The van der Waals surface area contributed by atoms with Crippen molar-refractivity contribution in [3.63, 3.8) is 0 Å². The molecule has 0 radical (unpaired) electrons. The summed E-state index contributed by atoms with van der Waals surface area (Å²) in [5, 5.41) is 2.71. The van der Waals surface area contributed by atoms with Crippen molar-refractivity contribution >= 4 is 39.2 Å². The summed E-state index contributed by atoms with van der Waals surface area (Å²) in [6, 6.07) is 12.1. The maximum atomic E-state index is 12.4. The third-order valence-electron chi connectivity index (χ3n) is 3.47. The van der Waals surface area contributed by atoms with Crippen molar-refractivity contribution < 1.29 is 22.7 Å². The molecular weight excluding hydrogens is 380 g/mol. The molecule has 0 aliphatic heterocycles. The summed E-state index contributed by atoms with van der Waals surface area (Å²) in [4.78, 5) is 23.9. The maximum Gasteiger partial charge on any atom is 0.339 e. The van der Waals surface area contributed by atoms with Gasteiger partial charge in [0.1, 0.15) is 0 Å². The standard InChI is InChI=1S/C17H17ClN2O5S/c1-20(26(23,24)13-6-4-3-5-7-13)11-16(21)19-12-8-9-15(18)14(10-12)17(22)25-2/h3-10H,11H2,1-2H3,(H,19,21). The monoisotopic (exact) mass is 396 g/mol. The highest BCUT2D eigenvalue weighted by atomic mass is 35.5. The lowest BCUT2D eigenvalue weighted by atomic mass is 10.2. The van der Waals surface area contributed by atoms with E-state index in [9.17, 15) is 18.0 Å². The number of hydrogen-bond acceptors (Lipinski definition) is 5. The van der Waals surface area contributed by atoms with E-state index in [0.717, 1.165) is 4.31 Å². The van der Waals surface area contributed by atoms with Gasteiger partial charge in [-0.25, -0.2) is 13.2 Å². The fourth-order valence-electron chi connectivity index (χ4n) is 2.13. The van der Waals surface area contributed by atoms with E-state index in [2.05, 4.69) is 10.1 Å². The van der Waals surface area contributed by atoms with Crippen LogP contribution in [0.15, 0.2) is 53.4 Å². The molecule has 0 aromatic heterocycles. The third-order valence-corrected chi connectivity index (χ3v) is 5.62. The van der Waals surface area contributed by atoms with Crippen LogP contribution in [-0.2, 0) is 19.6 Å². The molecule has 26 heavy (non-hydrogen) atoms. The number of rotatable bonds is 6. The Bertz CT molecular complexity index is 916. The normalized spacial score (nSPS) is 11.2. The van der Waals surface area contributed by atoms with Crippen molar-refractivity contribution in [1.82, 2.24) is 4.31 Å². The largest absolute Gasteiger partial charge is 0.465 e. The Balaban J connectivity index is 2.10. The van der Waals surface area contributed by atoms with Gasteiger partial charge >= 0.3 is 5.97 Å². The predicted molar refractivity (Wildman–Crippen MR) is 97.7 cm³/mol. The first kappa shape index (κ1) is 19.9. The Hall–Kier alpha value is -2.42. The number of benzene rings is 2. The summed E-state index contributed by atoms with van der Waals surface area (Å²) in [5.74, 6) is -1.21. The van der Waals surface area contributed by atoms with Gasteiger partial charge in [0.2, 0.25) is 15.9 Å². The summed E-state index contributed by atoms with van der Waals surface area (Å²) in [6.45, 7) is -0.395. The number of likely N-dealkylation sites (N-methyl/N-ethyl adjacent to an activating group) is 1. The van der Waals surface area contributed by atoms with Crippen LogP contribution in [0.25, 0.3) is 0 Å². The molecule has 2 aromatic carbocycles. The van der Waals surface area contributed by atoms with Crippen LogP contribution in [0.2, 0.25) is 5.02 Å². The van der Waals surface area contributed by atoms with Crippen LogP contribution in [0.4, 0.5) is 5.69 Å². The molecule has 0 spiro atoms. The highest BCUT2D eigenvalue weighted by Crippen LogP contribution is 2.21. The number of nitrogens with one attached hydrogen (secondary N) is 1. The van der Waals surface area contributed by atoms with E-state index in [1.807, 2.05) is 0 Å². The van der Waals surface area contributed by atoms with E-state index in [4.69, 9.17) is 11.6 Å². The number of anilines is 1. The number of esters is 1. The molecule has 9 heteroatoms. The summed E-state index contributed by atoms with van der Waals surface area (Å²) in [6.07, 6.45) is 0. The van der Waals surface area contributed by atoms with Crippen LogP contribution < -0.4 is 5.32 Å². The topological polar surface area (TPSA) is 92.8 Å². The first-order chi connectivity index (χ1) is 12.3. The van der Waals surface area contributed by atoms with Gasteiger partial charge in [-0.1, -0.05) is 29.8 Å². The predicted octanol–water partition coefficient (Wildman–Crippen LogP) is 2.39. The van der Waals surface area contributed by atoms with Crippen molar-refractivity contribution in [3.05, 3.63) is 59.1 Å². The third kappa shape index (κ3) is 4.60. The number of methoxy groups -OCH3 is 1. The van der Waals surface area contributed by atoms with Gasteiger partial charge in [0.25, 0.3) is 0 Å². The molecule has 0 aliphatic rings. The summed E-state index contributed by atoms with van der Waals surface area (Å²) >= 11 is 5.92. The molecule has 0 bridgehead atoms. The van der Waals surface area contributed by atoms with E-state index >= 15 is 0 Å². The Morgan fingerprint density at radius 1 is 1.15 bits per heavy atom. The molecule has 2 aromatic rings. The summed E-state index contributed by atoms with van der Waals surface area (Å²) in [7, 11) is -1.26. The molecule has 0 heterocycles. The average Bonchev–Trinajstić information content (AvgIpc) is 2.63. The molecular formula is C17H17ClN2O5S. The first-order valence-corrected chi connectivity index (χ1v) is 9.26. The highest BCUT2D eigenvalue weighted by molar-refractivity contribution is 7.89. The van der Waals surface area contributed by atoms with Gasteiger partial charge in [0.05, 0.1) is 29.1 Å². The van der Waals surface area contributed by atoms with Crippen molar-refractivity contribution in [2.24, 2.45) is 0 Å². The van der Waals surface area contributed by atoms with Crippen LogP contribution in [0.1, 0.15) is 10.4 Å². The van der Waals surface area contributed by atoms with Gasteiger partial charge in [-0.3, -0.25) is 4.79 Å². The molecule has 0 saturated carbocycles. The lowest BCUT2D eigenvalue weighted by Gasteiger charge is -2.17. The van der Waals surface area contributed by atoms with Gasteiger partial charge in [0.15, 0.2) is 0 Å². The molecule has 1 N–H and O–H groups in total. The zero-order valence-electron chi connectivity index (χ0n) is 14.1. The molecule has 138 valence electrons. The number of hydrogen-bond donors (Lipinski definition) is 1. The van der Waals surface area contributed by atoms with Gasteiger partial charge in [0, 0.05) is 12.7 Å². The Kier molecular flexibility index (Phi) is 6.36. The van der Waals surface area contributed by atoms with Crippen molar-refractivity contribution in [1.29, 1.82) is 0 Å². The lowest BCUT2D eigenvalue weighted by molar-refractivity contribution is -0.116. The van der Waals surface area contributed by atoms with E-state index in [-0.39, 0.29) is 15.5 Å². The van der Waals surface area contributed by atoms with Crippen LogP contribution >= 0.6 is 11.6 Å². The Labute approximate surface area is 156 Å². The average molecular weight is 397 g/mol. The van der Waals surface area contributed by atoms with E-state index in [0.29, 0.717) is 5.69 Å². The van der Waals surface area contributed by atoms with Gasteiger partial charge in [-0.05, 0) is 30.3 Å². The minimum absolute atomic E-state index is 0.0924. The zero-order valence-corrected chi connectivity index (χ0v) is 15.7. The molecule has 0 atom stereocenters. The minimum atomic E-state index is -3.78. The Morgan fingerprint density at radius 3 is 2.42 bits per heavy atom. The van der Waals surface area contributed by atoms with Crippen molar-refractivity contribution in [2.75, 3.05) is 26.0 Å². The van der Waals surface area contributed by atoms with Crippen LogP contribution in [0.5, 0.6) is 0 Å². The second-order valence-electron chi connectivity index (χ2n) is 5.31. The number of nitrogens with zero attached hydrogens (tertiary/aromatic N) is 1. The SMILES string of the molecule is COC(=O)c1cc(NC(=O)CN(C)S(=O)(=O)c2ccccc2)ccc1Cl. The number of amides is 1. The number of halogens is 1. The van der Waals surface area contributed by atoms with E-state index in [1.54, 1.807) is 18.2 Å². The maximum absolute atomic E-state index is 12.4. The number of ether oxygens (including phenoxy) is 1. The van der Waals surface area contributed by atoms with Gasteiger partial charge < -0.3 is 10.1 Å². The molecule has 0 aliphatic carbocycles. The van der Waals surface area contributed by atoms with Crippen LogP contribution in [0, 0.1) is 0 Å². The second kappa shape index (κ2) is 8.31. The number of carbonyl (C=O) groups is 2. The smallest absolute Gasteiger partial charge is 0.339 e. The van der Waals surface area contributed by atoms with E-state index < -0.39 is 28.4 Å². The molecule has 2 rings (SSSR count). The summed E-state index contributed by atoms with van der Waals surface area (Å²) in [5.41, 5.74) is 0.391. The van der Waals surface area contributed by atoms with Gasteiger partial charge in [-0.2, -0.15) is 4.31 Å². The zero-order chi connectivity index (χ0) is 19.3. The Morgan fingerprint density at radius 2 is 1.81 bits per heavy atom. The van der Waals surface area contributed by atoms with E-state index in [1.165, 1.54) is 44.5 Å². The molecule has 0 fully saturated rings. The fraction of sp³-hybridized carbons (Fsp3) is 0.176. The minimum Gasteiger partial charge on any atom is -0.465 e.